The highest BCUT2D eigenvalue weighted by Crippen LogP contribution is 2.22. The molecule has 0 aliphatic carbocycles. The van der Waals surface area contributed by atoms with E-state index >= 15 is 0 Å². The van der Waals surface area contributed by atoms with E-state index in [9.17, 15) is 0 Å². The smallest absolute Gasteiger partial charge is 0.137 e. The van der Waals surface area contributed by atoms with Crippen LogP contribution in [0.2, 0.25) is 0 Å². The lowest BCUT2D eigenvalue weighted by Crippen LogP contribution is -2.21. The highest BCUT2D eigenvalue weighted by Gasteiger charge is 2.17. The molecule has 2 aromatic heterocycles. The number of aliphatic hydroxyl groups is 1. The summed E-state index contributed by atoms with van der Waals surface area (Å²) in [7, 11) is 0. The van der Waals surface area contributed by atoms with Crippen molar-refractivity contribution in [2.45, 2.75) is 53.6 Å². The van der Waals surface area contributed by atoms with Gasteiger partial charge in [-0.15, -0.1) is 0 Å². The second kappa shape index (κ2) is 7.07. The summed E-state index contributed by atoms with van der Waals surface area (Å²) >= 11 is 0. The molecule has 2 aromatic rings. The van der Waals surface area contributed by atoms with Crippen LogP contribution in [0.1, 0.15) is 46.8 Å². The first kappa shape index (κ1) is 16.7. The third-order valence-electron chi connectivity index (χ3n) is 4.18. The minimum absolute atomic E-state index is 0.109. The van der Waals surface area contributed by atoms with E-state index in [-0.39, 0.29) is 6.61 Å². The van der Waals surface area contributed by atoms with Gasteiger partial charge in [0.2, 0.25) is 0 Å². The molecule has 2 N–H and O–H groups in total. The topological polar surface area (TPSA) is 76.1 Å². The van der Waals surface area contributed by atoms with E-state index in [4.69, 9.17) is 9.63 Å². The summed E-state index contributed by atoms with van der Waals surface area (Å²) in [5.74, 6) is 1.24. The van der Waals surface area contributed by atoms with Crippen molar-refractivity contribution in [3.63, 3.8) is 0 Å². The van der Waals surface area contributed by atoms with Crippen LogP contribution in [0.3, 0.4) is 0 Å². The van der Waals surface area contributed by atoms with Gasteiger partial charge in [0.25, 0.3) is 0 Å². The number of nitrogens with zero attached hydrogens (tertiary/aromatic N) is 3. The molecule has 6 heteroatoms. The van der Waals surface area contributed by atoms with Crippen molar-refractivity contribution in [2.24, 2.45) is 0 Å². The van der Waals surface area contributed by atoms with Gasteiger partial charge in [-0.05, 0) is 33.6 Å². The Balaban J connectivity index is 1.97. The van der Waals surface area contributed by atoms with Crippen LogP contribution in [-0.2, 0) is 13.1 Å². The quantitative estimate of drug-likeness (QED) is 0.818. The first-order chi connectivity index (χ1) is 10.5. The van der Waals surface area contributed by atoms with Crippen LogP contribution in [0.4, 0.5) is 0 Å². The molecule has 1 unspecified atom stereocenters. The molecule has 0 aliphatic heterocycles. The summed E-state index contributed by atoms with van der Waals surface area (Å²) in [6, 6.07) is 0. The Morgan fingerprint density at radius 3 is 2.55 bits per heavy atom. The van der Waals surface area contributed by atoms with Crippen LogP contribution in [0.25, 0.3) is 0 Å². The van der Waals surface area contributed by atoms with E-state index < -0.39 is 0 Å². The molecule has 0 aromatic carbocycles. The molecule has 0 saturated heterocycles. The van der Waals surface area contributed by atoms with E-state index in [2.05, 4.69) is 22.5 Å². The zero-order valence-corrected chi connectivity index (χ0v) is 14.1. The summed E-state index contributed by atoms with van der Waals surface area (Å²) in [6.45, 7) is 12.5. The molecule has 0 amide bonds. The van der Waals surface area contributed by atoms with Crippen molar-refractivity contribution in [1.29, 1.82) is 0 Å². The van der Waals surface area contributed by atoms with Crippen LogP contribution in [-0.4, -0.2) is 33.2 Å². The normalized spacial score (nSPS) is 12.8. The number of rotatable bonds is 7. The van der Waals surface area contributed by atoms with Crippen molar-refractivity contribution in [3.05, 3.63) is 34.0 Å². The standard InChI is InChI=1S/C16H26N4O2/c1-10(16-12(3)19-22-14(16)5)8-17-9-15-11(2)18-20(6-7-21)13(15)4/h10,17,21H,6-9H2,1-5H3. The van der Waals surface area contributed by atoms with E-state index in [0.29, 0.717) is 12.5 Å². The van der Waals surface area contributed by atoms with Gasteiger partial charge < -0.3 is 14.9 Å². The van der Waals surface area contributed by atoms with Gasteiger partial charge in [0.05, 0.1) is 24.5 Å². The van der Waals surface area contributed by atoms with Crippen LogP contribution in [0, 0.1) is 27.7 Å². The van der Waals surface area contributed by atoms with E-state index in [1.165, 1.54) is 11.1 Å². The van der Waals surface area contributed by atoms with Gasteiger partial charge in [-0.1, -0.05) is 12.1 Å². The summed E-state index contributed by atoms with van der Waals surface area (Å²) in [4.78, 5) is 0. The fourth-order valence-corrected chi connectivity index (χ4v) is 3.01. The molecule has 0 saturated carbocycles. The van der Waals surface area contributed by atoms with Crippen LogP contribution in [0.15, 0.2) is 4.52 Å². The predicted molar refractivity (Wildman–Crippen MR) is 84.9 cm³/mol. The zero-order valence-electron chi connectivity index (χ0n) is 14.1. The third-order valence-corrected chi connectivity index (χ3v) is 4.18. The van der Waals surface area contributed by atoms with Crippen molar-refractivity contribution < 1.29 is 9.63 Å². The van der Waals surface area contributed by atoms with Crippen molar-refractivity contribution in [1.82, 2.24) is 20.3 Å². The molecule has 2 heterocycles. The van der Waals surface area contributed by atoms with Gasteiger partial charge in [0.1, 0.15) is 5.76 Å². The SMILES string of the molecule is Cc1nn(CCO)c(C)c1CNCC(C)c1c(C)noc1C. The molecular formula is C16H26N4O2. The van der Waals surface area contributed by atoms with Gasteiger partial charge in [0.15, 0.2) is 0 Å². The molecule has 6 nitrogen and oxygen atoms in total. The highest BCUT2D eigenvalue weighted by atomic mass is 16.5. The Bertz CT molecular complexity index is 611. The Hall–Kier alpha value is -1.66. The Morgan fingerprint density at radius 1 is 1.23 bits per heavy atom. The van der Waals surface area contributed by atoms with Crippen LogP contribution < -0.4 is 5.32 Å². The molecule has 122 valence electrons. The second-order valence-electron chi connectivity index (χ2n) is 5.87. The minimum atomic E-state index is 0.109. The monoisotopic (exact) mass is 306 g/mol. The summed E-state index contributed by atoms with van der Waals surface area (Å²) < 4.78 is 7.10. The lowest BCUT2D eigenvalue weighted by Gasteiger charge is -2.13. The fraction of sp³-hybridized carbons (Fsp3) is 0.625. The van der Waals surface area contributed by atoms with Crippen molar-refractivity contribution in [3.8, 4) is 0 Å². The molecule has 0 fully saturated rings. The van der Waals surface area contributed by atoms with Crippen LogP contribution >= 0.6 is 0 Å². The molecule has 0 bridgehead atoms. The van der Waals surface area contributed by atoms with Gasteiger partial charge in [-0.25, -0.2) is 0 Å². The van der Waals surface area contributed by atoms with E-state index in [1.54, 1.807) is 0 Å². The number of aliphatic hydroxyl groups excluding tert-OH is 1. The number of hydrogen-bond donors (Lipinski definition) is 2. The lowest BCUT2D eigenvalue weighted by atomic mass is 9.99. The average molecular weight is 306 g/mol. The molecule has 0 spiro atoms. The average Bonchev–Trinajstić information content (AvgIpc) is 2.93. The maximum absolute atomic E-state index is 9.06. The number of aryl methyl sites for hydroxylation is 3. The van der Waals surface area contributed by atoms with E-state index in [1.807, 2.05) is 32.4 Å². The Morgan fingerprint density at radius 2 is 1.95 bits per heavy atom. The predicted octanol–water partition coefficient (Wildman–Crippen LogP) is 1.99. The first-order valence-electron chi connectivity index (χ1n) is 7.72. The van der Waals surface area contributed by atoms with Gasteiger partial charge in [0, 0.05) is 29.9 Å². The minimum Gasteiger partial charge on any atom is -0.394 e. The van der Waals surface area contributed by atoms with E-state index in [0.717, 1.165) is 35.9 Å². The van der Waals surface area contributed by atoms with Gasteiger partial charge >= 0.3 is 0 Å². The third kappa shape index (κ3) is 3.39. The number of hydrogen-bond acceptors (Lipinski definition) is 5. The maximum Gasteiger partial charge on any atom is 0.137 e. The maximum atomic E-state index is 9.06. The summed E-state index contributed by atoms with van der Waals surface area (Å²) in [6.07, 6.45) is 0. The molecular weight excluding hydrogens is 280 g/mol. The lowest BCUT2D eigenvalue weighted by molar-refractivity contribution is 0.267. The first-order valence-corrected chi connectivity index (χ1v) is 7.72. The molecule has 2 rings (SSSR count). The van der Waals surface area contributed by atoms with Crippen molar-refractivity contribution >= 4 is 0 Å². The van der Waals surface area contributed by atoms with Crippen molar-refractivity contribution in [2.75, 3.05) is 13.2 Å². The Labute approximate surface area is 131 Å². The largest absolute Gasteiger partial charge is 0.394 e. The summed E-state index contributed by atoms with van der Waals surface area (Å²) in [5.41, 5.74) is 5.50. The van der Waals surface area contributed by atoms with Gasteiger partial charge in [-0.2, -0.15) is 5.10 Å². The molecule has 0 radical (unpaired) electrons. The van der Waals surface area contributed by atoms with Gasteiger partial charge in [-0.3, -0.25) is 4.68 Å². The molecule has 22 heavy (non-hydrogen) atoms. The second-order valence-corrected chi connectivity index (χ2v) is 5.87. The molecule has 0 aliphatic rings. The number of aromatic nitrogens is 3. The van der Waals surface area contributed by atoms with Crippen LogP contribution in [0.5, 0.6) is 0 Å². The Kier molecular flexibility index (Phi) is 5.37. The fourth-order valence-electron chi connectivity index (χ4n) is 3.01. The number of nitrogens with one attached hydrogen (secondary N) is 1. The molecule has 1 atom stereocenters. The highest BCUT2D eigenvalue weighted by molar-refractivity contribution is 5.26. The summed E-state index contributed by atoms with van der Waals surface area (Å²) in [5, 5.41) is 21.0. The zero-order chi connectivity index (χ0) is 16.3.